The maximum atomic E-state index is 11.2. The Kier molecular flexibility index (Phi) is 3.21. The number of rotatable bonds is 3. The summed E-state index contributed by atoms with van der Waals surface area (Å²) in [6.45, 7) is 0. The molecule has 0 saturated heterocycles. The fourth-order valence-corrected chi connectivity index (χ4v) is 1.23. The lowest BCUT2D eigenvalue weighted by Crippen LogP contribution is -2.32. The Morgan fingerprint density at radius 2 is 1.62 bits per heavy atom. The Hall–Kier alpha value is -2.41. The van der Waals surface area contributed by atoms with E-state index in [1.54, 1.807) is 5.43 Å². The summed E-state index contributed by atoms with van der Waals surface area (Å²) in [6, 6.07) is 3.54. The van der Waals surface area contributed by atoms with Gasteiger partial charge in [-0.05, 0) is 12.1 Å². The van der Waals surface area contributed by atoms with Gasteiger partial charge in [0.2, 0.25) is 0 Å². The van der Waals surface area contributed by atoms with Crippen LogP contribution >= 0.6 is 0 Å². The van der Waals surface area contributed by atoms with Gasteiger partial charge in [-0.15, -0.1) is 0 Å². The van der Waals surface area contributed by atoms with Gasteiger partial charge in [0.25, 0.3) is 5.91 Å². The largest absolute Gasteiger partial charge is 0.478 e. The van der Waals surface area contributed by atoms with Gasteiger partial charge in [0, 0.05) is 0 Å². The number of hydrazine groups is 1. The molecule has 1 aromatic rings. The van der Waals surface area contributed by atoms with Crippen molar-refractivity contribution in [2.45, 2.75) is 0 Å². The molecule has 7 nitrogen and oxygen atoms in total. The Labute approximate surface area is 89.5 Å². The van der Waals surface area contributed by atoms with Gasteiger partial charge < -0.3 is 10.2 Å². The summed E-state index contributed by atoms with van der Waals surface area (Å²) in [5.41, 5.74) is 0.402. The third kappa shape index (κ3) is 1.98. The minimum Gasteiger partial charge on any atom is -0.478 e. The van der Waals surface area contributed by atoms with E-state index in [0.717, 1.165) is 6.07 Å². The number of carboxylic acids is 2. The van der Waals surface area contributed by atoms with E-state index in [4.69, 9.17) is 16.1 Å². The second-order valence-corrected chi connectivity index (χ2v) is 2.81. The van der Waals surface area contributed by atoms with Crippen molar-refractivity contribution in [1.29, 1.82) is 0 Å². The van der Waals surface area contributed by atoms with Crippen molar-refractivity contribution >= 4 is 17.8 Å². The highest BCUT2D eigenvalue weighted by Crippen LogP contribution is 2.15. The molecule has 0 unspecified atom stereocenters. The number of amides is 1. The van der Waals surface area contributed by atoms with Gasteiger partial charge in [0.15, 0.2) is 0 Å². The number of hydrogen-bond donors (Lipinski definition) is 4. The molecule has 0 bridgehead atoms. The molecule has 84 valence electrons. The molecule has 0 saturated carbocycles. The van der Waals surface area contributed by atoms with Crippen molar-refractivity contribution in [3.05, 3.63) is 34.9 Å². The predicted octanol–water partition coefficient (Wildman–Crippen LogP) is -0.314. The molecule has 0 atom stereocenters. The maximum Gasteiger partial charge on any atom is 0.337 e. The lowest BCUT2D eigenvalue weighted by Gasteiger charge is -2.07. The minimum atomic E-state index is -1.50. The number of nitrogens with two attached hydrogens (primary N) is 1. The number of nitrogens with one attached hydrogen (secondary N) is 1. The Bertz CT molecular complexity index is 469. The summed E-state index contributed by atoms with van der Waals surface area (Å²) in [7, 11) is 0. The van der Waals surface area contributed by atoms with Gasteiger partial charge in [-0.25, -0.2) is 15.4 Å². The maximum absolute atomic E-state index is 11.2. The number of nitrogen functional groups attached to an aromatic ring is 1. The van der Waals surface area contributed by atoms with Crippen molar-refractivity contribution < 1.29 is 24.6 Å². The van der Waals surface area contributed by atoms with Crippen LogP contribution in [0.3, 0.4) is 0 Å². The molecule has 1 amide bonds. The zero-order valence-corrected chi connectivity index (χ0v) is 7.93. The van der Waals surface area contributed by atoms with Crippen molar-refractivity contribution in [1.82, 2.24) is 5.43 Å². The number of benzene rings is 1. The monoisotopic (exact) mass is 224 g/mol. The summed E-state index contributed by atoms with van der Waals surface area (Å²) in [6.07, 6.45) is 0. The summed E-state index contributed by atoms with van der Waals surface area (Å²) in [5.74, 6) is 1.07. The van der Waals surface area contributed by atoms with Gasteiger partial charge in [0.1, 0.15) is 0 Å². The van der Waals surface area contributed by atoms with Crippen LogP contribution in [0.2, 0.25) is 0 Å². The molecular weight excluding hydrogens is 216 g/mol. The Balaban J connectivity index is 3.51. The first kappa shape index (κ1) is 11.7. The van der Waals surface area contributed by atoms with E-state index in [1.165, 1.54) is 12.1 Å². The van der Waals surface area contributed by atoms with Gasteiger partial charge in [-0.1, -0.05) is 6.07 Å². The highest BCUT2D eigenvalue weighted by Gasteiger charge is 2.22. The highest BCUT2D eigenvalue weighted by atomic mass is 16.4. The van der Waals surface area contributed by atoms with E-state index >= 15 is 0 Å². The molecule has 0 radical (unpaired) electrons. The van der Waals surface area contributed by atoms with Crippen LogP contribution in [-0.4, -0.2) is 28.1 Å². The van der Waals surface area contributed by atoms with E-state index in [1.807, 2.05) is 0 Å². The molecule has 0 aliphatic rings. The van der Waals surface area contributed by atoms with E-state index in [9.17, 15) is 14.4 Å². The van der Waals surface area contributed by atoms with Crippen molar-refractivity contribution in [3.63, 3.8) is 0 Å². The van der Waals surface area contributed by atoms with Crippen LogP contribution < -0.4 is 11.3 Å². The summed E-state index contributed by atoms with van der Waals surface area (Å²) in [5, 5.41) is 17.6. The second kappa shape index (κ2) is 4.41. The van der Waals surface area contributed by atoms with Gasteiger partial charge in [-0.2, -0.15) is 0 Å². The predicted molar refractivity (Wildman–Crippen MR) is 52.0 cm³/mol. The van der Waals surface area contributed by atoms with Crippen LogP contribution in [0, 0.1) is 0 Å². The number of carbonyl (C=O) groups excluding carboxylic acids is 1. The first-order valence-electron chi connectivity index (χ1n) is 4.09. The number of carboxylic acid groups (broad SMARTS) is 2. The average Bonchev–Trinajstić information content (AvgIpc) is 2.26. The van der Waals surface area contributed by atoms with Crippen molar-refractivity contribution in [2.24, 2.45) is 5.84 Å². The molecule has 0 spiro atoms. The molecule has 0 fully saturated rings. The third-order valence-corrected chi connectivity index (χ3v) is 1.88. The highest BCUT2D eigenvalue weighted by molar-refractivity contribution is 6.10. The SMILES string of the molecule is NNC(=O)c1cccc(C(=O)O)c1C(=O)O. The molecule has 1 rings (SSSR count). The normalized spacial score (nSPS) is 9.56. The molecule has 7 heteroatoms. The van der Waals surface area contributed by atoms with E-state index in [-0.39, 0.29) is 5.56 Å². The quantitative estimate of drug-likeness (QED) is 0.316. The second-order valence-electron chi connectivity index (χ2n) is 2.81. The molecule has 5 N–H and O–H groups in total. The smallest absolute Gasteiger partial charge is 0.337 e. The molecule has 0 aliphatic heterocycles. The van der Waals surface area contributed by atoms with E-state index in [2.05, 4.69) is 0 Å². The third-order valence-electron chi connectivity index (χ3n) is 1.88. The fraction of sp³-hybridized carbons (Fsp3) is 0. The molecule has 0 aromatic heterocycles. The number of aromatic carboxylic acids is 2. The molecule has 0 heterocycles. The zero-order valence-electron chi connectivity index (χ0n) is 7.93. The molecule has 16 heavy (non-hydrogen) atoms. The molecular formula is C9H8N2O5. The number of carbonyl (C=O) groups is 3. The molecule has 0 aliphatic carbocycles. The van der Waals surface area contributed by atoms with Gasteiger partial charge in [0.05, 0.1) is 16.7 Å². The lowest BCUT2D eigenvalue weighted by atomic mass is 10.0. The van der Waals surface area contributed by atoms with Crippen LogP contribution in [0.15, 0.2) is 18.2 Å². The first-order valence-corrected chi connectivity index (χ1v) is 4.09. The van der Waals surface area contributed by atoms with Crippen LogP contribution in [0.1, 0.15) is 31.1 Å². The summed E-state index contributed by atoms with van der Waals surface area (Å²) >= 11 is 0. The van der Waals surface area contributed by atoms with E-state index < -0.39 is 29.0 Å². The zero-order chi connectivity index (χ0) is 12.3. The fourth-order valence-electron chi connectivity index (χ4n) is 1.23. The van der Waals surface area contributed by atoms with Crippen LogP contribution in [-0.2, 0) is 0 Å². The van der Waals surface area contributed by atoms with Gasteiger partial charge in [-0.3, -0.25) is 10.2 Å². The van der Waals surface area contributed by atoms with Crippen molar-refractivity contribution in [3.8, 4) is 0 Å². The Morgan fingerprint density at radius 1 is 1.06 bits per heavy atom. The minimum absolute atomic E-state index is 0.296. The lowest BCUT2D eigenvalue weighted by molar-refractivity contribution is 0.0649. The first-order chi connectivity index (χ1) is 7.49. The van der Waals surface area contributed by atoms with Crippen LogP contribution in [0.4, 0.5) is 0 Å². The van der Waals surface area contributed by atoms with Crippen LogP contribution in [0.25, 0.3) is 0 Å². The summed E-state index contributed by atoms with van der Waals surface area (Å²) in [4.78, 5) is 32.9. The standard InChI is InChI=1S/C9H8N2O5/c10-11-7(12)4-2-1-3-5(8(13)14)6(4)9(15)16/h1-3H,10H2,(H,11,12)(H,13,14)(H,15,16). The topological polar surface area (TPSA) is 130 Å². The Morgan fingerprint density at radius 3 is 2.06 bits per heavy atom. The van der Waals surface area contributed by atoms with Crippen LogP contribution in [0.5, 0.6) is 0 Å². The van der Waals surface area contributed by atoms with Crippen molar-refractivity contribution in [2.75, 3.05) is 0 Å². The average molecular weight is 224 g/mol. The molecule has 1 aromatic carbocycles. The summed E-state index contributed by atoms with van der Waals surface area (Å²) < 4.78 is 0. The van der Waals surface area contributed by atoms with Gasteiger partial charge >= 0.3 is 11.9 Å². The number of hydrogen-bond acceptors (Lipinski definition) is 4. The van der Waals surface area contributed by atoms with E-state index in [0.29, 0.717) is 0 Å².